The Morgan fingerprint density at radius 3 is 1.57 bits per heavy atom. The van der Waals surface area contributed by atoms with Gasteiger partial charge in [-0.05, 0) is 12.1 Å². The first-order chi connectivity index (χ1) is 7.30. The summed E-state index contributed by atoms with van der Waals surface area (Å²) in [5, 5.41) is 8.52. The van der Waals surface area contributed by atoms with Crippen LogP contribution in [0, 0.1) is 12.3 Å². The van der Waals surface area contributed by atoms with E-state index in [9.17, 15) is 4.79 Å². The molecule has 1 saturated carbocycles. The molecule has 3 nitrogen and oxygen atoms in total. The standard InChI is InChI=1S/C7H11O2.C5H5N.5ClH.Sb/c8-7(9)6-4-2-1-3-5-6;1-2-4-6-5-3-1;;;;;;/h1,6H,2-5H2,(H,8,9);1-5H;5*1H;/q-1;;;;;;;+5/p-5. The van der Waals surface area contributed by atoms with Crippen molar-refractivity contribution in [3.8, 4) is 0 Å². The molecule has 1 heterocycles. The monoisotopic (exact) mass is 502 g/mol. The smallest absolute Gasteiger partial charge is 1.00 e. The first kappa shape index (κ1) is 37.8. The number of carboxylic acids is 1. The summed E-state index contributed by atoms with van der Waals surface area (Å²) in [6.45, 7) is 0. The van der Waals surface area contributed by atoms with Crippen LogP contribution in [0.5, 0.6) is 0 Å². The minimum absolute atomic E-state index is 0. The third kappa shape index (κ3) is 20.9. The van der Waals surface area contributed by atoms with Crippen LogP contribution < -0.4 is 62.0 Å². The Bertz CT molecular complexity index is 264. The molecule has 0 saturated heterocycles. The number of carboxylic acid groups (broad SMARTS) is 1. The van der Waals surface area contributed by atoms with Crippen molar-refractivity contribution in [2.75, 3.05) is 0 Å². The molecule has 0 aromatic carbocycles. The van der Waals surface area contributed by atoms with Gasteiger partial charge >= 0.3 is 30.4 Å². The van der Waals surface area contributed by atoms with Gasteiger partial charge in [0.25, 0.3) is 0 Å². The minimum Gasteiger partial charge on any atom is -1.00 e. The Morgan fingerprint density at radius 2 is 1.38 bits per heavy atom. The predicted octanol–water partition coefficient (Wildman–Crippen LogP) is -12.8. The van der Waals surface area contributed by atoms with E-state index >= 15 is 0 Å². The number of rotatable bonds is 1. The number of carbonyl (C=O) groups is 1. The van der Waals surface area contributed by atoms with Crippen LogP contribution in [0.25, 0.3) is 0 Å². The van der Waals surface area contributed by atoms with E-state index < -0.39 is 5.97 Å². The van der Waals surface area contributed by atoms with Crippen molar-refractivity contribution in [2.24, 2.45) is 5.92 Å². The maximum atomic E-state index is 10.3. The molecule has 0 bridgehead atoms. The molecular formula is C12H16Cl5NO2Sb-. The van der Waals surface area contributed by atoms with Crippen molar-refractivity contribution < 1.29 is 71.9 Å². The molecule has 122 valence electrons. The van der Waals surface area contributed by atoms with Gasteiger partial charge in [-0.15, -0.1) is 0 Å². The molecule has 0 aliphatic heterocycles. The van der Waals surface area contributed by atoms with Gasteiger partial charge in [-0.2, -0.15) is 12.8 Å². The number of aliphatic carboxylic acids is 1. The van der Waals surface area contributed by atoms with Gasteiger partial charge in [-0.1, -0.05) is 18.9 Å². The molecule has 21 heavy (non-hydrogen) atoms. The van der Waals surface area contributed by atoms with Crippen molar-refractivity contribution in [1.29, 1.82) is 0 Å². The Hall–Kier alpha value is 0.888. The van der Waals surface area contributed by atoms with E-state index in [1.54, 1.807) is 12.4 Å². The second kappa shape index (κ2) is 25.8. The second-order valence-electron chi connectivity index (χ2n) is 3.50. The van der Waals surface area contributed by atoms with Crippen molar-refractivity contribution in [2.45, 2.75) is 25.7 Å². The van der Waals surface area contributed by atoms with Gasteiger partial charge in [-0.3, -0.25) is 9.78 Å². The fourth-order valence-electron chi connectivity index (χ4n) is 1.49. The summed E-state index contributed by atoms with van der Waals surface area (Å²) in [5.74, 6) is -0.682. The van der Waals surface area contributed by atoms with E-state index in [2.05, 4.69) is 11.4 Å². The Labute approximate surface area is 174 Å². The fourth-order valence-corrected chi connectivity index (χ4v) is 1.49. The van der Waals surface area contributed by atoms with Crippen LogP contribution in [0.1, 0.15) is 25.7 Å². The number of aromatic nitrogens is 1. The SMILES string of the molecule is O=C(O)C1CC[CH-]CC1.[Cl-].[Cl-].[Cl-].[Cl-].[Cl-].[Sb+5].c1ccncc1. The molecule has 9 heteroatoms. The first-order valence-corrected chi connectivity index (χ1v) is 5.20. The summed E-state index contributed by atoms with van der Waals surface area (Å²) in [5.41, 5.74) is 0. The topological polar surface area (TPSA) is 50.2 Å². The van der Waals surface area contributed by atoms with Gasteiger partial charge < -0.3 is 73.6 Å². The van der Waals surface area contributed by atoms with E-state index in [-0.39, 0.29) is 92.4 Å². The second-order valence-corrected chi connectivity index (χ2v) is 3.50. The molecule has 1 aliphatic carbocycles. The Kier molecular flexibility index (Phi) is 46.5. The van der Waals surface area contributed by atoms with Gasteiger partial charge in [-0.25, -0.2) is 0 Å². The largest absolute Gasteiger partial charge is 5.00 e. The molecule has 0 atom stereocenters. The molecule has 2 rings (SSSR count). The van der Waals surface area contributed by atoms with Gasteiger partial charge in [0.1, 0.15) is 0 Å². The van der Waals surface area contributed by atoms with Crippen LogP contribution in [0.4, 0.5) is 0 Å². The third-order valence-electron chi connectivity index (χ3n) is 2.35. The van der Waals surface area contributed by atoms with Crippen LogP contribution in [0.2, 0.25) is 0 Å². The molecule has 0 amide bonds. The summed E-state index contributed by atoms with van der Waals surface area (Å²) in [6, 6.07) is 5.72. The molecular weight excluding hydrogens is 489 g/mol. The Morgan fingerprint density at radius 1 is 0.952 bits per heavy atom. The summed E-state index contributed by atoms with van der Waals surface area (Å²) in [7, 11) is 0. The maximum Gasteiger partial charge on any atom is 5.00 e. The normalized spacial score (nSPS) is 11.6. The predicted molar refractivity (Wildman–Crippen MR) is 63.9 cm³/mol. The van der Waals surface area contributed by atoms with Crippen LogP contribution in [-0.4, -0.2) is 40.5 Å². The number of nitrogens with zero attached hydrogens (tertiary/aromatic N) is 1. The van der Waals surface area contributed by atoms with Crippen molar-refractivity contribution in [1.82, 2.24) is 4.98 Å². The first-order valence-electron chi connectivity index (χ1n) is 5.20. The summed E-state index contributed by atoms with van der Waals surface area (Å²) in [6.07, 6.45) is 9.32. The zero-order valence-corrected chi connectivity index (χ0v) is 17.3. The molecule has 0 radical (unpaired) electrons. The number of hydrogen-bond donors (Lipinski definition) is 1. The van der Waals surface area contributed by atoms with Gasteiger partial charge in [0.05, 0.1) is 5.92 Å². The minimum atomic E-state index is -0.622. The molecule has 1 fully saturated rings. The molecule has 1 N–H and O–H groups in total. The van der Waals surface area contributed by atoms with E-state index in [1.807, 2.05) is 18.2 Å². The molecule has 1 aliphatic rings. The van der Waals surface area contributed by atoms with Gasteiger partial charge in [0.15, 0.2) is 0 Å². The van der Waals surface area contributed by atoms with Gasteiger partial charge in [0.2, 0.25) is 0 Å². The molecule has 1 aromatic heterocycles. The fraction of sp³-hybridized carbons (Fsp3) is 0.417. The average Bonchev–Trinajstić information content (AvgIpc) is 2.33. The van der Waals surface area contributed by atoms with Crippen LogP contribution in [0.3, 0.4) is 0 Å². The molecule has 1 aromatic rings. The summed E-state index contributed by atoms with van der Waals surface area (Å²) >= 11 is 0. The van der Waals surface area contributed by atoms with E-state index in [1.165, 1.54) is 0 Å². The molecule has 0 spiro atoms. The van der Waals surface area contributed by atoms with Crippen LogP contribution >= 0.6 is 0 Å². The van der Waals surface area contributed by atoms with E-state index in [4.69, 9.17) is 5.11 Å². The Balaban J connectivity index is -0.0000000431. The van der Waals surface area contributed by atoms with E-state index in [0.29, 0.717) is 0 Å². The third-order valence-corrected chi connectivity index (χ3v) is 2.35. The average molecular weight is 505 g/mol. The quantitative estimate of drug-likeness (QED) is 0.305. The van der Waals surface area contributed by atoms with Crippen LogP contribution in [0.15, 0.2) is 30.6 Å². The van der Waals surface area contributed by atoms with E-state index in [0.717, 1.165) is 25.7 Å². The zero-order valence-electron chi connectivity index (χ0n) is 11.0. The van der Waals surface area contributed by atoms with Crippen molar-refractivity contribution in [3.05, 3.63) is 37.0 Å². The number of hydrogen-bond acceptors (Lipinski definition) is 2. The van der Waals surface area contributed by atoms with Crippen molar-refractivity contribution in [3.63, 3.8) is 0 Å². The van der Waals surface area contributed by atoms with Gasteiger partial charge in [0, 0.05) is 12.4 Å². The van der Waals surface area contributed by atoms with Crippen molar-refractivity contribution >= 4 is 30.4 Å². The zero-order chi connectivity index (χ0) is 10.9. The van der Waals surface area contributed by atoms with Crippen LogP contribution in [-0.2, 0) is 4.79 Å². The maximum absolute atomic E-state index is 10.3. The number of pyridine rings is 1. The summed E-state index contributed by atoms with van der Waals surface area (Å²) in [4.78, 5) is 14.1. The number of halogens is 5. The summed E-state index contributed by atoms with van der Waals surface area (Å²) < 4.78 is 0. The molecule has 0 unspecified atom stereocenters.